The fourth-order valence-electron chi connectivity index (χ4n) is 2.29. The van der Waals surface area contributed by atoms with Crippen LogP contribution in [0.2, 0.25) is 0 Å². The average Bonchev–Trinajstić information content (AvgIpc) is 2.73. The molecule has 0 amide bonds. The van der Waals surface area contributed by atoms with Gasteiger partial charge in [-0.25, -0.2) is 4.79 Å². The van der Waals surface area contributed by atoms with Gasteiger partial charge in [0.25, 0.3) is 0 Å². The van der Waals surface area contributed by atoms with Crippen molar-refractivity contribution in [2.24, 2.45) is 0 Å². The zero-order valence-electron chi connectivity index (χ0n) is 10.0. The quantitative estimate of drug-likeness (QED) is 0.526. The third-order valence-corrected chi connectivity index (χ3v) is 3.34. The summed E-state index contributed by atoms with van der Waals surface area (Å²) < 4.78 is 15.8. The van der Waals surface area contributed by atoms with Crippen LogP contribution >= 0.6 is 0 Å². The number of hydrogen-bond donors (Lipinski definition) is 0. The van der Waals surface area contributed by atoms with Crippen molar-refractivity contribution in [1.29, 1.82) is 0 Å². The van der Waals surface area contributed by atoms with Crippen molar-refractivity contribution >= 4 is 5.97 Å². The van der Waals surface area contributed by atoms with Crippen molar-refractivity contribution in [1.82, 2.24) is 0 Å². The Bertz CT molecular complexity index is 334. The van der Waals surface area contributed by atoms with Crippen LogP contribution < -0.4 is 0 Å². The highest BCUT2D eigenvalue weighted by atomic mass is 16.6. The summed E-state index contributed by atoms with van der Waals surface area (Å²) in [6, 6.07) is 0. The SMILES string of the molecule is CCC[C@@H]1O[C@@]1(C)C1=C(COC)C(=O)OC1. The first-order valence-corrected chi connectivity index (χ1v) is 5.69. The Morgan fingerprint density at radius 2 is 2.31 bits per heavy atom. The van der Waals surface area contributed by atoms with Gasteiger partial charge < -0.3 is 14.2 Å². The van der Waals surface area contributed by atoms with E-state index in [1.807, 2.05) is 6.92 Å². The fourth-order valence-corrected chi connectivity index (χ4v) is 2.29. The lowest BCUT2D eigenvalue weighted by Gasteiger charge is -2.08. The summed E-state index contributed by atoms with van der Waals surface area (Å²) in [5.41, 5.74) is 1.32. The Balaban J connectivity index is 2.16. The van der Waals surface area contributed by atoms with Crippen LogP contribution in [0.25, 0.3) is 0 Å². The summed E-state index contributed by atoms with van der Waals surface area (Å²) in [7, 11) is 1.58. The molecule has 16 heavy (non-hydrogen) atoms. The van der Waals surface area contributed by atoms with E-state index in [1.165, 1.54) is 0 Å². The molecule has 0 unspecified atom stereocenters. The standard InChI is InChI=1S/C12H18O4/c1-4-5-10-12(2,16-10)9-7-15-11(13)8(9)6-14-3/h10H,4-7H2,1-3H3/t10-,12-/m0/s1. The van der Waals surface area contributed by atoms with Gasteiger partial charge in [0.2, 0.25) is 0 Å². The molecule has 2 aliphatic rings. The van der Waals surface area contributed by atoms with Gasteiger partial charge in [0.05, 0.1) is 18.3 Å². The number of cyclic esters (lactones) is 1. The molecule has 4 heteroatoms. The lowest BCUT2D eigenvalue weighted by molar-refractivity contribution is -0.136. The van der Waals surface area contributed by atoms with E-state index in [2.05, 4.69) is 6.92 Å². The van der Waals surface area contributed by atoms with Crippen LogP contribution in [0.15, 0.2) is 11.1 Å². The van der Waals surface area contributed by atoms with E-state index in [0.29, 0.717) is 18.8 Å². The zero-order valence-corrected chi connectivity index (χ0v) is 10.0. The lowest BCUT2D eigenvalue weighted by Crippen LogP contribution is -2.17. The molecule has 0 spiro atoms. The molecule has 1 fully saturated rings. The molecule has 0 aromatic rings. The van der Waals surface area contributed by atoms with Gasteiger partial charge in [0.1, 0.15) is 12.2 Å². The third-order valence-electron chi connectivity index (χ3n) is 3.34. The predicted molar refractivity (Wildman–Crippen MR) is 58.0 cm³/mol. The van der Waals surface area contributed by atoms with Crippen LogP contribution in [0, 0.1) is 0 Å². The molecule has 0 aromatic carbocycles. The smallest absolute Gasteiger partial charge is 0.336 e. The Morgan fingerprint density at radius 3 is 2.94 bits per heavy atom. The zero-order chi connectivity index (χ0) is 11.8. The van der Waals surface area contributed by atoms with E-state index in [9.17, 15) is 4.79 Å². The molecule has 0 radical (unpaired) electrons. The van der Waals surface area contributed by atoms with Crippen LogP contribution in [0.5, 0.6) is 0 Å². The maximum Gasteiger partial charge on any atom is 0.336 e. The maximum atomic E-state index is 11.5. The highest BCUT2D eigenvalue weighted by Crippen LogP contribution is 2.47. The van der Waals surface area contributed by atoms with E-state index in [1.54, 1.807) is 7.11 Å². The summed E-state index contributed by atoms with van der Waals surface area (Å²) >= 11 is 0. The second-order valence-electron chi connectivity index (χ2n) is 4.47. The van der Waals surface area contributed by atoms with Gasteiger partial charge >= 0.3 is 5.97 Å². The first kappa shape index (κ1) is 11.6. The Hall–Kier alpha value is -0.870. The molecule has 0 aliphatic carbocycles. The monoisotopic (exact) mass is 226 g/mol. The summed E-state index contributed by atoms with van der Waals surface area (Å²) in [5.74, 6) is -0.260. The summed E-state index contributed by atoms with van der Waals surface area (Å²) in [4.78, 5) is 11.5. The molecule has 0 bridgehead atoms. The number of ether oxygens (including phenoxy) is 3. The van der Waals surface area contributed by atoms with Crippen molar-refractivity contribution in [3.63, 3.8) is 0 Å². The van der Waals surface area contributed by atoms with Gasteiger partial charge in [-0.1, -0.05) is 13.3 Å². The van der Waals surface area contributed by atoms with Crippen LogP contribution in [-0.2, 0) is 19.0 Å². The summed E-state index contributed by atoms with van der Waals surface area (Å²) in [6.45, 7) is 4.82. The van der Waals surface area contributed by atoms with Crippen molar-refractivity contribution in [2.45, 2.75) is 38.4 Å². The van der Waals surface area contributed by atoms with Gasteiger partial charge in [0, 0.05) is 12.7 Å². The summed E-state index contributed by atoms with van der Waals surface area (Å²) in [6.07, 6.45) is 2.34. The molecule has 0 N–H and O–H groups in total. The van der Waals surface area contributed by atoms with Crippen molar-refractivity contribution in [2.75, 3.05) is 20.3 Å². The van der Waals surface area contributed by atoms with Gasteiger partial charge in [-0.2, -0.15) is 0 Å². The molecule has 2 atom stereocenters. The lowest BCUT2D eigenvalue weighted by atomic mass is 9.92. The normalized spacial score (nSPS) is 33.2. The first-order chi connectivity index (χ1) is 7.63. The molecule has 4 nitrogen and oxygen atoms in total. The van der Waals surface area contributed by atoms with E-state index < -0.39 is 0 Å². The van der Waals surface area contributed by atoms with Crippen LogP contribution in [0.4, 0.5) is 0 Å². The van der Waals surface area contributed by atoms with Gasteiger partial charge in [0.15, 0.2) is 0 Å². The van der Waals surface area contributed by atoms with Crippen LogP contribution in [0.1, 0.15) is 26.7 Å². The number of carbonyl (C=O) groups is 1. The second-order valence-corrected chi connectivity index (χ2v) is 4.47. The Kier molecular flexibility index (Phi) is 3.04. The van der Waals surface area contributed by atoms with E-state index in [0.717, 1.165) is 18.4 Å². The molecule has 1 saturated heterocycles. The van der Waals surface area contributed by atoms with Crippen molar-refractivity contribution in [3.05, 3.63) is 11.1 Å². The van der Waals surface area contributed by atoms with Gasteiger partial charge in [-0.05, 0) is 13.3 Å². The molecule has 90 valence electrons. The number of methoxy groups -OCH3 is 1. The highest BCUT2D eigenvalue weighted by molar-refractivity contribution is 5.92. The van der Waals surface area contributed by atoms with Crippen LogP contribution in [-0.4, -0.2) is 38.0 Å². The fraction of sp³-hybridized carbons (Fsp3) is 0.750. The average molecular weight is 226 g/mol. The topological polar surface area (TPSA) is 48.1 Å². The first-order valence-electron chi connectivity index (χ1n) is 5.69. The minimum Gasteiger partial charge on any atom is -0.458 e. The predicted octanol–water partition coefficient (Wildman–Crippen LogP) is 1.44. The van der Waals surface area contributed by atoms with E-state index in [4.69, 9.17) is 14.2 Å². The number of rotatable bonds is 5. The number of esters is 1. The minimum absolute atomic E-state index is 0.230. The molecule has 0 aromatic heterocycles. The molecule has 0 saturated carbocycles. The Labute approximate surface area is 95.6 Å². The molecule has 2 rings (SSSR count). The van der Waals surface area contributed by atoms with E-state index >= 15 is 0 Å². The second kappa shape index (κ2) is 4.18. The maximum absolute atomic E-state index is 11.5. The van der Waals surface area contributed by atoms with Gasteiger partial charge in [-0.15, -0.1) is 0 Å². The molecule has 2 aliphatic heterocycles. The third kappa shape index (κ3) is 1.76. The van der Waals surface area contributed by atoms with Crippen molar-refractivity contribution < 1.29 is 19.0 Å². The highest BCUT2D eigenvalue weighted by Gasteiger charge is 2.57. The van der Waals surface area contributed by atoms with E-state index in [-0.39, 0.29) is 17.7 Å². The number of hydrogen-bond acceptors (Lipinski definition) is 4. The minimum atomic E-state index is -0.296. The molecular weight excluding hydrogens is 208 g/mol. The Morgan fingerprint density at radius 1 is 1.56 bits per heavy atom. The number of carbonyl (C=O) groups excluding carboxylic acids is 1. The molecular formula is C12H18O4. The van der Waals surface area contributed by atoms with Crippen LogP contribution in [0.3, 0.4) is 0 Å². The summed E-state index contributed by atoms with van der Waals surface area (Å²) in [5, 5.41) is 0. The molecule has 2 heterocycles. The van der Waals surface area contributed by atoms with Crippen molar-refractivity contribution in [3.8, 4) is 0 Å². The largest absolute Gasteiger partial charge is 0.458 e. The number of epoxide rings is 1. The van der Waals surface area contributed by atoms with Gasteiger partial charge in [-0.3, -0.25) is 0 Å².